The number of H-pyrrole nitrogens is 2. The van der Waals surface area contributed by atoms with Gasteiger partial charge in [-0.05, 0) is 13.0 Å². The second-order valence-corrected chi connectivity index (χ2v) is 4.39. The summed E-state index contributed by atoms with van der Waals surface area (Å²) in [7, 11) is 1.64. The van der Waals surface area contributed by atoms with Crippen molar-refractivity contribution < 1.29 is 9.53 Å². The summed E-state index contributed by atoms with van der Waals surface area (Å²) in [6.45, 7) is 1.23. The number of nitrogens with one attached hydrogen (secondary N) is 2. The highest BCUT2D eigenvalue weighted by atomic mass is 16.5. The Bertz CT molecular complexity index is 468. The van der Waals surface area contributed by atoms with Crippen molar-refractivity contribution in [3.63, 3.8) is 0 Å². The zero-order valence-electron chi connectivity index (χ0n) is 10.2. The lowest BCUT2D eigenvalue weighted by Crippen LogP contribution is -2.41. The molecule has 1 saturated heterocycles. The maximum Gasteiger partial charge on any atom is 0.340 e. The molecule has 2 atom stereocenters. The summed E-state index contributed by atoms with van der Waals surface area (Å²) < 4.78 is 5.41. The highest BCUT2D eigenvalue weighted by Crippen LogP contribution is 2.21. The molecule has 18 heavy (non-hydrogen) atoms. The van der Waals surface area contributed by atoms with Gasteiger partial charge in [-0.15, -0.1) is 0 Å². The molecule has 0 radical (unpaired) electrons. The predicted molar refractivity (Wildman–Crippen MR) is 62.6 cm³/mol. The molecule has 2 heterocycles. The molecule has 4 N–H and O–H groups in total. The van der Waals surface area contributed by atoms with Crippen molar-refractivity contribution >= 4 is 5.91 Å². The number of aromatic amines is 2. The minimum atomic E-state index is -0.481. The lowest BCUT2D eigenvalue weighted by molar-refractivity contribution is -0.141. The largest absolute Gasteiger partial charge is 0.368 e. The molecule has 8 nitrogen and oxygen atoms in total. The van der Waals surface area contributed by atoms with Gasteiger partial charge >= 0.3 is 5.69 Å². The number of rotatable bonds is 4. The first-order chi connectivity index (χ1) is 8.61. The average molecular weight is 255 g/mol. The van der Waals surface area contributed by atoms with E-state index in [1.165, 1.54) is 4.90 Å². The number of hydrogen-bond donors (Lipinski definition) is 3. The smallest absolute Gasteiger partial charge is 0.340 e. The van der Waals surface area contributed by atoms with Gasteiger partial charge in [0.05, 0.1) is 6.54 Å². The standard InChI is InChI=1S/C10H17N5O3/c1-15(5-7-12-10(17)14-13-7)9(16)8-6(4-11)2-3-18-8/h6,8H,2-5,11H2,1H3,(H2,12,13,14,17)/t6-,8-/m1/s1. The lowest BCUT2D eigenvalue weighted by Gasteiger charge is -2.22. The molecular weight excluding hydrogens is 238 g/mol. The SMILES string of the molecule is CN(Cc1n[nH]c(=O)[nH]1)C(=O)[C@@H]1OCC[C@@H]1CN. The van der Waals surface area contributed by atoms with Crippen molar-refractivity contribution in [2.24, 2.45) is 11.7 Å². The Morgan fingerprint density at radius 1 is 1.67 bits per heavy atom. The van der Waals surface area contributed by atoms with Gasteiger partial charge in [-0.1, -0.05) is 0 Å². The fourth-order valence-corrected chi connectivity index (χ4v) is 2.05. The van der Waals surface area contributed by atoms with Crippen LogP contribution in [0.4, 0.5) is 0 Å². The van der Waals surface area contributed by atoms with Crippen LogP contribution >= 0.6 is 0 Å². The number of hydrogen-bond acceptors (Lipinski definition) is 5. The second-order valence-electron chi connectivity index (χ2n) is 4.39. The summed E-state index contributed by atoms with van der Waals surface area (Å²) in [5.41, 5.74) is 5.22. The molecule has 1 aromatic heterocycles. The van der Waals surface area contributed by atoms with Gasteiger partial charge in [0.2, 0.25) is 0 Å². The van der Waals surface area contributed by atoms with E-state index in [9.17, 15) is 9.59 Å². The van der Waals surface area contributed by atoms with Gasteiger partial charge in [-0.3, -0.25) is 9.78 Å². The van der Waals surface area contributed by atoms with Gasteiger partial charge in [0.25, 0.3) is 5.91 Å². The summed E-state index contributed by atoms with van der Waals surface area (Å²) >= 11 is 0. The number of likely N-dealkylation sites (N-methyl/N-ethyl adjacent to an activating group) is 1. The average Bonchev–Trinajstić information content (AvgIpc) is 2.96. The van der Waals surface area contributed by atoms with E-state index in [1.807, 2.05) is 0 Å². The molecular formula is C10H17N5O3. The number of ether oxygens (including phenoxy) is 1. The summed E-state index contributed by atoms with van der Waals surface area (Å²) in [6.07, 6.45) is 0.325. The Morgan fingerprint density at radius 3 is 3.06 bits per heavy atom. The second kappa shape index (κ2) is 5.32. The maximum absolute atomic E-state index is 12.1. The fraction of sp³-hybridized carbons (Fsp3) is 0.700. The Hall–Kier alpha value is -1.67. The summed E-state index contributed by atoms with van der Waals surface area (Å²) in [4.78, 5) is 27.0. The van der Waals surface area contributed by atoms with Crippen LogP contribution in [0.15, 0.2) is 4.79 Å². The molecule has 8 heteroatoms. The first-order valence-electron chi connectivity index (χ1n) is 5.82. The molecule has 0 saturated carbocycles. The zero-order valence-corrected chi connectivity index (χ0v) is 10.2. The molecule has 0 bridgehead atoms. The number of aromatic nitrogens is 3. The lowest BCUT2D eigenvalue weighted by atomic mass is 10.0. The van der Waals surface area contributed by atoms with Gasteiger partial charge in [0.1, 0.15) is 6.10 Å². The molecule has 100 valence electrons. The van der Waals surface area contributed by atoms with E-state index < -0.39 is 6.10 Å². The highest BCUT2D eigenvalue weighted by molar-refractivity contribution is 5.81. The van der Waals surface area contributed by atoms with Gasteiger partial charge < -0.3 is 15.4 Å². The maximum atomic E-state index is 12.1. The Kier molecular flexibility index (Phi) is 3.78. The Labute approximate surface area is 103 Å². The Balaban J connectivity index is 1.98. The van der Waals surface area contributed by atoms with Crippen molar-refractivity contribution in [3.8, 4) is 0 Å². The van der Waals surface area contributed by atoms with Gasteiger partial charge in [-0.25, -0.2) is 9.89 Å². The van der Waals surface area contributed by atoms with Crippen molar-refractivity contribution in [2.75, 3.05) is 20.2 Å². The van der Waals surface area contributed by atoms with Crippen LogP contribution in [0, 0.1) is 5.92 Å². The zero-order chi connectivity index (χ0) is 13.1. The molecule has 1 fully saturated rings. The number of amides is 1. The van der Waals surface area contributed by atoms with Crippen molar-refractivity contribution in [2.45, 2.75) is 19.1 Å². The molecule has 0 unspecified atom stereocenters. The predicted octanol–water partition coefficient (Wildman–Crippen LogP) is -1.58. The molecule has 0 spiro atoms. The van der Waals surface area contributed by atoms with E-state index >= 15 is 0 Å². The van der Waals surface area contributed by atoms with Crippen molar-refractivity contribution in [3.05, 3.63) is 16.3 Å². The van der Waals surface area contributed by atoms with Crippen LogP contribution in [0.2, 0.25) is 0 Å². The van der Waals surface area contributed by atoms with Crippen molar-refractivity contribution in [1.29, 1.82) is 0 Å². The number of carbonyl (C=O) groups excluding carboxylic acids is 1. The van der Waals surface area contributed by atoms with Crippen LogP contribution in [0.25, 0.3) is 0 Å². The quantitative estimate of drug-likeness (QED) is 0.600. The molecule has 2 rings (SSSR count). The van der Waals surface area contributed by atoms with Gasteiger partial charge in [-0.2, -0.15) is 5.10 Å². The van der Waals surface area contributed by atoms with Crippen LogP contribution < -0.4 is 11.4 Å². The van der Waals surface area contributed by atoms with E-state index in [-0.39, 0.29) is 24.1 Å². The van der Waals surface area contributed by atoms with E-state index in [0.29, 0.717) is 19.0 Å². The highest BCUT2D eigenvalue weighted by Gasteiger charge is 2.35. The van der Waals surface area contributed by atoms with E-state index in [0.717, 1.165) is 6.42 Å². The van der Waals surface area contributed by atoms with E-state index in [4.69, 9.17) is 10.5 Å². The van der Waals surface area contributed by atoms with Crippen molar-refractivity contribution in [1.82, 2.24) is 20.1 Å². The first-order valence-corrected chi connectivity index (χ1v) is 5.82. The third kappa shape index (κ3) is 2.59. The molecule has 1 aliphatic heterocycles. The minimum absolute atomic E-state index is 0.0678. The molecule has 1 aliphatic rings. The molecule has 1 amide bonds. The van der Waals surface area contributed by atoms with Crippen LogP contribution in [-0.4, -0.2) is 52.3 Å². The third-order valence-corrected chi connectivity index (χ3v) is 3.07. The summed E-state index contributed by atoms with van der Waals surface area (Å²) in [5.74, 6) is 0.350. The molecule has 0 aliphatic carbocycles. The summed E-state index contributed by atoms with van der Waals surface area (Å²) in [6, 6.07) is 0. The number of nitrogens with zero attached hydrogens (tertiary/aromatic N) is 2. The van der Waals surface area contributed by atoms with Crippen LogP contribution in [0.3, 0.4) is 0 Å². The van der Waals surface area contributed by atoms with Crippen LogP contribution in [0.5, 0.6) is 0 Å². The fourth-order valence-electron chi connectivity index (χ4n) is 2.05. The van der Waals surface area contributed by atoms with E-state index in [2.05, 4.69) is 15.2 Å². The first kappa shape index (κ1) is 12.8. The monoisotopic (exact) mass is 255 g/mol. The topological polar surface area (TPSA) is 117 Å². The van der Waals surface area contributed by atoms with Gasteiger partial charge in [0.15, 0.2) is 5.82 Å². The Morgan fingerprint density at radius 2 is 2.44 bits per heavy atom. The molecule has 0 aromatic carbocycles. The summed E-state index contributed by atoms with van der Waals surface area (Å²) in [5, 5.41) is 6.00. The van der Waals surface area contributed by atoms with Crippen LogP contribution in [-0.2, 0) is 16.1 Å². The normalized spacial score (nSPS) is 23.2. The van der Waals surface area contributed by atoms with Gasteiger partial charge in [0, 0.05) is 19.6 Å². The van der Waals surface area contributed by atoms with E-state index in [1.54, 1.807) is 7.05 Å². The van der Waals surface area contributed by atoms with Crippen LogP contribution in [0.1, 0.15) is 12.2 Å². The number of nitrogens with two attached hydrogens (primary N) is 1. The molecule has 1 aromatic rings. The third-order valence-electron chi connectivity index (χ3n) is 3.07. The minimum Gasteiger partial charge on any atom is -0.368 e. The number of carbonyl (C=O) groups is 1.